The summed E-state index contributed by atoms with van der Waals surface area (Å²) in [6.45, 7) is 1.71. The van der Waals surface area contributed by atoms with E-state index in [1.54, 1.807) is 0 Å². The predicted octanol–water partition coefficient (Wildman–Crippen LogP) is 6.32. The monoisotopic (exact) mass is 599 g/mol. The fourth-order valence-electron chi connectivity index (χ4n) is 5.02. The quantitative estimate of drug-likeness (QED) is 0.177. The number of halogens is 1. The van der Waals surface area contributed by atoms with Crippen LogP contribution >= 0.6 is 15.9 Å². The minimum absolute atomic E-state index is 0.353. The Morgan fingerprint density at radius 3 is 1.90 bits per heavy atom. The largest absolute Gasteiger partial charge is 0.374 e. The second-order valence-corrected chi connectivity index (χ2v) is 10.5. The summed E-state index contributed by atoms with van der Waals surface area (Å²) in [5, 5.41) is 4.51. The Kier molecular flexibility index (Phi) is 8.61. The minimum atomic E-state index is -0.431. The van der Waals surface area contributed by atoms with Crippen LogP contribution in [0.25, 0.3) is 5.52 Å². The topological polar surface area (TPSA) is 67.1 Å². The van der Waals surface area contributed by atoms with Crippen molar-refractivity contribution in [3.63, 3.8) is 0 Å². The molecular formula is C32H30BrN3O4. The lowest BCUT2D eigenvalue weighted by atomic mass is 10.0. The zero-order valence-electron chi connectivity index (χ0n) is 21.9. The maximum atomic E-state index is 6.72. The Labute approximate surface area is 241 Å². The molecule has 3 heterocycles. The number of aromatic nitrogens is 3. The van der Waals surface area contributed by atoms with Crippen molar-refractivity contribution in [2.75, 3.05) is 6.61 Å². The fraction of sp³-hybridized carbons (Fsp3) is 0.250. The van der Waals surface area contributed by atoms with Crippen LogP contribution in [0.4, 0.5) is 0 Å². The van der Waals surface area contributed by atoms with Gasteiger partial charge in [0.2, 0.25) is 0 Å². The molecule has 0 unspecified atom stereocenters. The molecule has 6 rings (SSSR count). The smallest absolute Gasteiger partial charge is 0.137 e. The molecule has 2 aromatic heterocycles. The molecule has 0 saturated carbocycles. The van der Waals surface area contributed by atoms with Crippen LogP contribution in [-0.4, -0.2) is 39.5 Å². The van der Waals surface area contributed by atoms with E-state index in [1.807, 2.05) is 71.2 Å². The SMILES string of the molecule is Brc1ncnn2c([C@H]3O[C@H](COCc4ccccc4)[C@@H](OCc4ccccc4)[C@@H]3OCc3ccccc3)ccc12. The second-order valence-electron chi connectivity index (χ2n) is 9.72. The number of fused-ring (bicyclic) bond motifs is 1. The number of nitrogens with zero attached hydrogens (tertiary/aromatic N) is 3. The molecular weight excluding hydrogens is 570 g/mol. The van der Waals surface area contributed by atoms with Crippen LogP contribution in [0.15, 0.2) is 114 Å². The molecule has 0 N–H and O–H groups in total. The lowest BCUT2D eigenvalue weighted by Crippen LogP contribution is -2.38. The molecule has 1 fully saturated rings. The third-order valence-corrected chi connectivity index (χ3v) is 7.61. The molecule has 1 aliphatic heterocycles. The van der Waals surface area contributed by atoms with E-state index < -0.39 is 12.2 Å². The molecule has 7 nitrogen and oxygen atoms in total. The van der Waals surface area contributed by atoms with E-state index in [2.05, 4.69) is 62.4 Å². The molecule has 3 aromatic carbocycles. The summed E-state index contributed by atoms with van der Waals surface area (Å²) in [6.07, 6.45) is -0.0334. The summed E-state index contributed by atoms with van der Waals surface area (Å²) >= 11 is 3.54. The summed E-state index contributed by atoms with van der Waals surface area (Å²) in [6, 6.07) is 34.4. The second kappa shape index (κ2) is 12.8. The zero-order chi connectivity index (χ0) is 27.1. The zero-order valence-corrected chi connectivity index (χ0v) is 23.5. The molecule has 0 aliphatic carbocycles. The molecule has 0 spiro atoms. The predicted molar refractivity (Wildman–Crippen MR) is 154 cm³/mol. The molecule has 5 aromatic rings. The van der Waals surface area contributed by atoms with E-state index in [4.69, 9.17) is 18.9 Å². The standard InChI is InChI=1S/C32H30BrN3O4/c33-32-27-17-16-26(36(27)35-22-34-32)29-31(39-20-25-14-8-3-9-15-25)30(38-19-24-12-6-2-7-13-24)28(40-29)21-37-18-23-10-4-1-5-11-23/h1-17,22,28-31H,18-21H2/t28-,29-,30-,31-/m1/s1. The third-order valence-electron chi connectivity index (χ3n) is 7.00. The first-order valence-corrected chi connectivity index (χ1v) is 14.1. The van der Waals surface area contributed by atoms with Crippen LogP contribution in [0.2, 0.25) is 0 Å². The van der Waals surface area contributed by atoms with Gasteiger partial charge < -0.3 is 18.9 Å². The van der Waals surface area contributed by atoms with E-state index >= 15 is 0 Å². The van der Waals surface area contributed by atoms with Crippen LogP contribution in [0, 0.1) is 0 Å². The number of hydrogen-bond donors (Lipinski definition) is 0. The Morgan fingerprint density at radius 2 is 1.27 bits per heavy atom. The molecule has 8 heteroatoms. The average Bonchev–Trinajstić information content (AvgIpc) is 3.58. The van der Waals surface area contributed by atoms with Gasteiger partial charge >= 0.3 is 0 Å². The Morgan fingerprint density at radius 1 is 0.700 bits per heavy atom. The number of ether oxygens (including phenoxy) is 4. The van der Waals surface area contributed by atoms with E-state index in [1.165, 1.54) is 6.33 Å². The first kappa shape index (κ1) is 26.8. The first-order valence-electron chi connectivity index (χ1n) is 13.3. The Balaban J connectivity index is 1.29. The molecule has 0 amide bonds. The van der Waals surface area contributed by atoms with E-state index in [0.29, 0.717) is 31.0 Å². The number of rotatable bonds is 11. The first-order chi connectivity index (χ1) is 19.8. The van der Waals surface area contributed by atoms with Crippen LogP contribution in [-0.2, 0) is 38.8 Å². The maximum Gasteiger partial charge on any atom is 0.137 e. The maximum absolute atomic E-state index is 6.72. The van der Waals surface area contributed by atoms with Gasteiger partial charge in [0.1, 0.15) is 35.3 Å². The average molecular weight is 601 g/mol. The van der Waals surface area contributed by atoms with Crippen molar-refractivity contribution < 1.29 is 18.9 Å². The highest BCUT2D eigenvalue weighted by atomic mass is 79.9. The van der Waals surface area contributed by atoms with E-state index in [9.17, 15) is 0 Å². The Bertz CT molecular complexity index is 1500. The summed E-state index contributed by atoms with van der Waals surface area (Å²) in [4.78, 5) is 4.27. The Hall–Kier alpha value is -3.40. The normalized spacial score (nSPS) is 20.7. The van der Waals surface area contributed by atoms with Crippen LogP contribution in [0.5, 0.6) is 0 Å². The number of hydrogen-bond acceptors (Lipinski definition) is 6. The molecule has 204 valence electrons. The van der Waals surface area contributed by atoms with Crippen molar-refractivity contribution >= 4 is 21.4 Å². The van der Waals surface area contributed by atoms with Gasteiger partial charge in [-0.2, -0.15) is 5.10 Å². The van der Waals surface area contributed by atoms with Gasteiger partial charge in [-0.25, -0.2) is 9.50 Å². The van der Waals surface area contributed by atoms with Crippen molar-refractivity contribution in [3.8, 4) is 0 Å². The van der Waals surface area contributed by atoms with Gasteiger partial charge in [-0.15, -0.1) is 0 Å². The van der Waals surface area contributed by atoms with Gasteiger partial charge in [-0.1, -0.05) is 91.0 Å². The molecule has 0 radical (unpaired) electrons. The van der Waals surface area contributed by atoms with Crippen LogP contribution in [0.3, 0.4) is 0 Å². The highest BCUT2D eigenvalue weighted by molar-refractivity contribution is 9.10. The van der Waals surface area contributed by atoms with Crippen molar-refractivity contribution in [1.29, 1.82) is 0 Å². The lowest BCUT2D eigenvalue weighted by Gasteiger charge is -2.25. The molecule has 1 saturated heterocycles. The molecule has 0 bridgehead atoms. The van der Waals surface area contributed by atoms with Gasteiger partial charge in [0.15, 0.2) is 0 Å². The summed E-state index contributed by atoms with van der Waals surface area (Å²) < 4.78 is 28.7. The summed E-state index contributed by atoms with van der Waals surface area (Å²) in [7, 11) is 0. The van der Waals surface area contributed by atoms with Crippen LogP contribution in [0.1, 0.15) is 28.5 Å². The highest BCUT2D eigenvalue weighted by Crippen LogP contribution is 2.39. The molecule has 40 heavy (non-hydrogen) atoms. The minimum Gasteiger partial charge on any atom is -0.374 e. The van der Waals surface area contributed by atoms with Crippen molar-refractivity contribution in [2.24, 2.45) is 0 Å². The fourth-order valence-corrected chi connectivity index (χ4v) is 5.42. The van der Waals surface area contributed by atoms with Gasteiger partial charge in [0.25, 0.3) is 0 Å². The van der Waals surface area contributed by atoms with Gasteiger partial charge in [0, 0.05) is 0 Å². The van der Waals surface area contributed by atoms with Gasteiger partial charge in [-0.3, -0.25) is 0 Å². The summed E-state index contributed by atoms with van der Waals surface area (Å²) in [5.74, 6) is 0. The number of benzene rings is 3. The van der Waals surface area contributed by atoms with Crippen molar-refractivity contribution in [2.45, 2.75) is 44.2 Å². The van der Waals surface area contributed by atoms with E-state index in [-0.39, 0.29) is 12.2 Å². The van der Waals surface area contributed by atoms with Crippen molar-refractivity contribution in [3.05, 3.63) is 136 Å². The highest BCUT2D eigenvalue weighted by Gasteiger charge is 2.48. The molecule has 4 atom stereocenters. The lowest BCUT2D eigenvalue weighted by molar-refractivity contribution is -0.0898. The van der Waals surface area contributed by atoms with Crippen LogP contribution < -0.4 is 0 Å². The molecule has 1 aliphatic rings. The van der Waals surface area contributed by atoms with Gasteiger partial charge in [-0.05, 0) is 44.8 Å². The van der Waals surface area contributed by atoms with E-state index in [0.717, 1.165) is 27.9 Å². The van der Waals surface area contributed by atoms with Crippen molar-refractivity contribution in [1.82, 2.24) is 14.6 Å². The third kappa shape index (κ3) is 6.16. The van der Waals surface area contributed by atoms with Gasteiger partial charge in [0.05, 0.1) is 37.6 Å². The summed E-state index contributed by atoms with van der Waals surface area (Å²) in [5.41, 5.74) is 5.00.